The first-order valence-electron chi connectivity index (χ1n) is 8.67. The lowest BCUT2D eigenvalue weighted by Gasteiger charge is -2.34. The molecular weight excluding hydrogens is 288 g/mol. The second kappa shape index (κ2) is 7.85. The Labute approximate surface area is 141 Å². The number of hydrogen-bond donors (Lipinski definition) is 0. The van der Waals surface area contributed by atoms with Crippen molar-refractivity contribution in [2.24, 2.45) is 5.92 Å². The van der Waals surface area contributed by atoms with Gasteiger partial charge in [0.1, 0.15) is 17.0 Å². The van der Waals surface area contributed by atoms with Crippen molar-refractivity contribution in [2.75, 3.05) is 0 Å². The Bertz CT molecular complexity index is 496. The maximum absolute atomic E-state index is 12.2. The first-order valence-corrected chi connectivity index (χ1v) is 8.67. The van der Waals surface area contributed by atoms with Crippen molar-refractivity contribution in [1.82, 2.24) is 0 Å². The molecule has 0 saturated carbocycles. The normalized spacial score (nSPS) is 12.3. The van der Waals surface area contributed by atoms with E-state index in [9.17, 15) is 4.79 Å². The van der Waals surface area contributed by atoms with E-state index >= 15 is 0 Å². The molecule has 0 N–H and O–H groups in total. The molecule has 0 fully saturated rings. The average molecular weight is 320 g/mol. The van der Waals surface area contributed by atoms with Gasteiger partial charge in [0.15, 0.2) is 0 Å². The maximum Gasteiger partial charge on any atom is 0.338 e. The van der Waals surface area contributed by atoms with Gasteiger partial charge in [-0.2, -0.15) is 0 Å². The molecule has 0 aliphatic carbocycles. The maximum atomic E-state index is 12.2. The van der Waals surface area contributed by atoms with Crippen LogP contribution in [-0.4, -0.2) is 17.2 Å². The summed E-state index contributed by atoms with van der Waals surface area (Å²) in [6, 6.07) is 7.23. The van der Waals surface area contributed by atoms with E-state index in [4.69, 9.17) is 9.47 Å². The average Bonchev–Trinajstić information content (AvgIpc) is 2.48. The molecule has 0 spiro atoms. The van der Waals surface area contributed by atoms with Crippen molar-refractivity contribution in [2.45, 2.75) is 78.9 Å². The third-order valence-corrected chi connectivity index (χ3v) is 4.66. The van der Waals surface area contributed by atoms with Crippen LogP contribution in [0, 0.1) is 5.92 Å². The zero-order valence-electron chi connectivity index (χ0n) is 15.7. The van der Waals surface area contributed by atoms with Crippen LogP contribution in [-0.2, 0) is 4.74 Å². The van der Waals surface area contributed by atoms with Gasteiger partial charge in [-0.05, 0) is 77.1 Å². The zero-order chi connectivity index (χ0) is 17.7. The zero-order valence-corrected chi connectivity index (χ0v) is 15.7. The third kappa shape index (κ3) is 5.56. The highest BCUT2D eigenvalue weighted by atomic mass is 16.6. The lowest BCUT2D eigenvalue weighted by Crippen LogP contribution is -2.37. The summed E-state index contributed by atoms with van der Waals surface area (Å²) in [7, 11) is 0. The summed E-state index contributed by atoms with van der Waals surface area (Å²) in [6.07, 6.45) is 2.95. The molecule has 1 aromatic carbocycles. The van der Waals surface area contributed by atoms with Gasteiger partial charge in [-0.25, -0.2) is 4.79 Å². The minimum atomic E-state index is -0.441. The Morgan fingerprint density at radius 3 is 1.96 bits per heavy atom. The SMILES string of the molecule is CCC(CC)C(C)(C)Oc1ccc(C(=O)OC(C)(C)CC)cc1. The quantitative estimate of drug-likeness (QED) is 0.583. The van der Waals surface area contributed by atoms with E-state index < -0.39 is 5.60 Å². The first-order chi connectivity index (χ1) is 10.6. The van der Waals surface area contributed by atoms with E-state index in [0.29, 0.717) is 11.5 Å². The third-order valence-electron chi connectivity index (χ3n) is 4.66. The molecule has 0 aliphatic rings. The lowest BCUT2D eigenvalue weighted by atomic mass is 9.86. The second-order valence-corrected chi connectivity index (χ2v) is 7.25. The Hall–Kier alpha value is -1.51. The molecule has 0 aliphatic heterocycles. The van der Waals surface area contributed by atoms with E-state index in [1.807, 2.05) is 32.9 Å². The van der Waals surface area contributed by atoms with Crippen LogP contribution in [0.3, 0.4) is 0 Å². The van der Waals surface area contributed by atoms with E-state index in [1.54, 1.807) is 12.1 Å². The van der Waals surface area contributed by atoms with E-state index in [2.05, 4.69) is 27.7 Å². The monoisotopic (exact) mass is 320 g/mol. The highest BCUT2D eigenvalue weighted by molar-refractivity contribution is 5.89. The minimum absolute atomic E-state index is 0.226. The van der Waals surface area contributed by atoms with Crippen LogP contribution >= 0.6 is 0 Å². The Kier molecular flexibility index (Phi) is 6.67. The molecule has 0 bridgehead atoms. The lowest BCUT2D eigenvalue weighted by molar-refractivity contribution is -0.00244. The number of rotatable bonds is 8. The van der Waals surface area contributed by atoms with Crippen LogP contribution in [0.15, 0.2) is 24.3 Å². The molecule has 1 aromatic rings. The predicted molar refractivity (Wildman–Crippen MR) is 95.0 cm³/mol. The van der Waals surface area contributed by atoms with Crippen molar-refractivity contribution in [3.05, 3.63) is 29.8 Å². The van der Waals surface area contributed by atoms with Gasteiger partial charge in [0.25, 0.3) is 0 Å². The van der Waals surface area contributed by atoms with Gasteiger partial charge in [-0.3, -0.25) is 0 Å². The molecule has 3 nitrogen and oxygen atoms in total. The fraction of sp³-hybridized carbons (Fsp3) is 0.650. The molecule has 1 rings (SSSR count). The van der Waals surface area contributed by atoms with E-state index in [-0.39, 0.29) is 11.6 Å². The Balaban J connectivity index is 2.79. The summed E-state index contributed by atoms with van der Waals surface area (Å²) in [6.45, 7) is 14.5. The van der Waals surface area contributed by atoms with Gasteiger partial charge >= 0.3 is 5.97 Å². The molecule has 0 radical (unpaired) electrons. The number of esters is 1. The number of hydrogen-bond acceptors (Lipinski definition) is 3. The molecular formula is C20H32O3. The van der Waals surface area contributed by atoms with Crippen LogP contribution < -0.4 is 4.74 Å². The molecule has 0 heterocycles. The number of benzene rings is 1. The van der Waals surface area contributed by atoms with Gasteiger partial charge in [-0.1, -0.05) is 20.8 Å². The summed E-state index contributed by atoms with van der Waals surface area (Å²) < 4.78 is 11.7. The van der Waals surface area contributed by atoms with Crippen LogP contribution in [0.1, 0.15) is 78.1 Å². The number of carbonyl (C=O) groups excluding carboxylic acids is 1. The van der Waals surface area contributed by atoms with Crippen molar-refractivity contribution in [1.29, 1.82) is 0 Å². The second-order valence-electron chi connectivity index (χ2n) is 7.25. The van der Waals surface area contributed by atoms with Crippen LogP contribution in [0.5, 0.6) is 5.75 Å². The topological polar surface area (TPSA) is 35.5 Å². The minimum Gasteiger partial charge on any atom is -0.488 e. The Morgan fingerprint density at radius 2 is 1.52 bits per heavy atom. The largest absolute Gasteiger partial charge is 0.488 e. The van der Waals surface area contributed by atoms with Crippen molar-refractivity contribution in [3.63, 3.8) is 0 Å². The molecule has 0 unspecified atom stereocenters. The summed E-state index contributed by atoms with van der Waals surface area (Å²) in [5, 5.41) is 0. The Morgan fingerprint density at radius 1 is 1.00 bits per heavy atom. The molecule has 23 heavy (non-hydrogen) atoms. The summed E-state index contributed by atoms with van der Waals surface area (Å²) in [5.41, 5.74) is -0.112. The molecule has 3 heteroatoms. The predicted octanol–water partition coefficient (Wildman–Crippen LogP) is 5.63. The standard InChI is InChI=1S/C20H32O3/c1-8-16(9-2)20(6,7)22-17-13-11-15(12-14-17)18(21)23-19(4,5)10-3/h11-14,16H,8-10H2,1-7H3. The molecule has 0 aromatic heterocycles. The summed E-state index contributed by atoms with van der Waals surface area (Å²) >= 11 is 0. The summed E-state index contributed by atoms with van der Waals surface area (Å²) in [4.78, 5) is 12.2. The molecule has 130 valence electrons. The van der Waals surface area contributed by atoms with Crippen molar-refractivity contribution in [3.8, 4) is 5.75 Å². The number of carbonyl (C=O) groups is 1. The van der Waals surface area contributed by atoms with Crippen LogP contribution in [0.4, 0.5) is 0 Å². The molecule has 0 atom stereocenters. The van der Waals surface area contributed by atoms with Gasteiger partial charge in [0, 0.05) is 0 Å². The fourth-order valence-electron chi connectivity index (χ4n) is 2.70. The fourth-order valence-corrected chi connectivity index (χ4v) is 2.70. The van der Waals surface area contributed by atoms with Gasteiger partial charge in [0.05, 0.1) is 5.56 Å². The van der Waals surface area contributed by atoms with Crippen molar-refractivity contribution >= 4 is 5.97 Å². The number of ether oxygens (including phenoxy) is 2. The highest BCUT2D eigenvalue weighted by Gasteiger charge is 2.29. The highest BCUT2D eigenvalue weighted by Crippen LogP contribution is 2.29. The van der Waals surface area contributed by atoms with E-state index in [0.717, 1.165) is 25.0 Å². The summed E-state index contributed by atoms with van der Waals surface area (Å²) in [5.74, 6) is 0.994. The first kappa shape index (κ1) is 19.5. The van der Waals surface area contributed by atoms with Crippen molar-refractivity contribution < 1.29 is 14.3 Å². The van der Waals surface area contributed by atoms with Crippen LogP contribution in [0.25, 0.3) is 0 Å². The van der Waals surface area contributed by atoms with Gasteiger partial charge in [-0.15, -0.1) is 0 Å². The molecule has 0 saturated heterocycles. The van der Waals surface area contributed by atoms with Gasteiger partial charge in [0.2, 0.25) is 0 Å². The smallest absolute Gasteiger partial charge is 0.338 e. The van der Waals surface area contributed by atoms with E-state index in [1.165, 1.54) is 0 Å². The van der Waals surface area contributed by atoms with Crippen LogP contribution in [0.2, 0.25) is 0 Å². The van der Waals surface area contributed by atoms with Gasteiger partial charge < -0.3 is 9.47 Å². The molecule has 0 amide bonds.